The number of anilines is 1. The van der Waals surface area contributed by atoms with E-state index >= 15 is 0 Å². The van der Waals surface area contributed by atoms with E-state index in [4.69, 9.17) is 15.7 Å². The maximum Gasteiger partial charge on any atom is 0.352 e. The number of nitrogens with one attached hydrogen (secondary N) is 2. The predicted molar refractivity (Wildman–Crippen MR) is 139 cm³/mol. The van der Waals surface area contributed by atoms with Crippen molar-refractivity contribution in [3.05, 3.63) is 46.9 Å². The number of nitrogen functional groups attached to an aromatic ring is 1. The van der Waals surface area contributed by atoms with Gasteiger partial charge in [-0.2, -0.15) is 5.43 Å². The van der Waals surface area contributed by atoms with Gasteiger partial charge in [-0.05, 0) is 5.57 Å². The molecule has 1 saturated heterocycles. The number of aliphatic carboxylic acids is 2. The van der Waals surface area contributed by atoms with Gasteiger partial charge in [0, 0.05) is 33.9 Å². The molecular formula is C21H22N7O7S3+. The number of hydrogen-bond acceptors (Lipinski definition) is 12. The topological polar surface area (TPSA) is 200 Å². The highest BCUT2D eigenvalue weighted by molar-refractivity contribution is 8.01. The summed E-state index contributed by atoms with van der Waals surface area (Å²) in [5, 5.41) is 25.7. The number of β-lactam (4-membered cyclic amide) rings is 1. The zero-order chi connectivity index (χ0) is 27.4. The third-order valence-corrected chi connectivity index (χ3v) is 8.44. The molecule has 0 unspecified atom stereocenters. The molecule has 2 atom stereocenters. The minimum Gasteiger partial charge on any atom is -0.479 e. The van der Waals surface area contributed by atoms with E-state index in [0.29, 0.717) is 17.1 Å². The number of amides is 2. The van der Waals surface area contributed by atoms with Crippen LogP contribution in [-0.2, 0) is 24.0 Å². The van der Waals surface area contributed by atoms with Gasteiger partial charge in [0.05, 0.1) is 7.05 Å². The van der Waals surface area contributed by atoms with Gasteiger partial charge in [-0.1, -0.05) is 9.83 Å². The Labute approximate surface area is 227 Å². The molecule has 1 fully saturated rings. The van der Waals surface area contributed by atoms with E-state index in [1.54, 1.807) is 11.7 Å². The molecule has 2 aromatic heterocycles. The van der Waals surface area contributed by atoms with Gasteiger partial charge in [0.1, 0.15) is 22.8 Å². The first-order valence-corrected chi connectivity index (χ1v) is 13.8. The summed E-state index contributed by atoms with van der Waals surface area (Å²) in [6, 6.07) is 2.75. The summed E-state index contributed by atoms with van der Waals surface area (Å²) in [6.07, 6.45) is 3.66. The molecule has 0 aliphatic carbocycles. The quantitative estimate of drug-likeness (QED) is 0.0753. The Morgan fingerprint density at radius 3 is 2.68 bits per heavy atom. The molecule has 0 spiro atoms. The number of nitrogens with zero attached hydrogens (tertiary/aromatic N) is 4. The van der Waals surface area contributed by atoms with Crippen molar-refractivity contribution >= 4 is 69.5 Å². The molecule has 6 N–H and O–H groups in total. The van der Waals surface area contributed by atoms with Crippen LogP contribution < -0.4 is 21.2 Å². The molecule has 2 aliphatic heterocycles. The number of carbonyl (C=O) groups excluding carboxylic acids is 2. The first-order valence-electron chi connectivity index (χ1n) is 10.9. The molecule has 0 aromatic carbocycles. The van der Waals surface area contributed by atoms with Crippen LogP contribution in [0.3, 0.4) is 0 Å². The monoisotopic (exact) mass is 580 g/mol. The van der Waals surface area contributed by atoms with Crippen LogP contribution in [0.5, 0.6) is 0 Å². The Kier molecular flexibility index (Phi) is 8.38. The lowest BCUT2D eigenvalue weighted by molar-refractivity contribution is -0.647. The largest absolute Gasteiger partial charge is 0.479 e. The highest BCUT2D eigenvalue weighted by atomic mass is 32.2. The molecule has 38 heavy (non-hydrogen) atoms. The summed E-state index contributed by atoms with van der Waals surface area (Å²) in [6.45, 7) is -0.795. The maximum atomic E-state index is 13.0. The van der Waals surface area contributed by atoms with Gasteiger partial charge >= 0.3 is 11.9 Å². The lowest BCUT2D eigenvalue weighted by Gasteiger charge is -2.49. The minimum absolute atomic E-state index is 0.0434. The third-order valence-electron chi connectivity index (χ3n) is 5.33. The Balaban J connectivity index is 1.47. The van der Waals surface area contributed by atoms with E-state index in [1.807, 2.05) is 24.5 Å². The van der Waals surface area contributed by atoms with Gasteiger partial charge in [0.25, 0.3) is 11.8 Å². The van der Waals surface area contributed by atoms with Crippen LogP contribution in [-0.4, -0.2) is 86.1 Å². The molecular weight excluding hydrogens is 558 g/mol. The predicted octanol–water partition coefficient (Wildman–Crippen LogP) is -0.478. The Hall–Kier alpha value is -3.83. The Morgan fingerprint density at radius 2 is 2.08 bits per heavy atom. The number of carbonyl (C=O) groups is 4. The first-order chi connectivity index (χ1) is 18.2. The van der Waals surface area contributed by atoms with Crippen LogP contribution in [0.25, 0.3) is 0 Å². The number of hydrogen-bond donors (Lipinski definition) is 5. The molecule has 2 amide bonds. The Morgan fingerprint density at radius 1 is 1.34 bits per heavy atom. The van der Waals surface area contributed by atoms with Crippen LogP contribution in [0.1, 0.15) is 5.69 Å². The lowest BCUT2D eigenvalue weighted by atomic mass is 10.0. The highest BCUT2D eigenvalue weighted by Gasteiger charge is 2.54. The van der Waals surface area contributed by atoms with Crippen molar-refractivity contribution in [2.45, 2.75) is 16.3 Å². The number of rotatable bonds is 11. The van der Waals surface area contributed by atoms with E-state index < -0.39 is 41.8 Å². The van der Waals surface area contributed by atoms with Gasteiger partial charge in [-0.15, -0.1) is 34.9 Å². The number of thioether (sulfide) groups is 2. The number of carboxylic acids is 2. The molecule has 4 rings (SSSR count). The SMILES string of the molecule is CN[n+]1ccc(SCC2=C(C(=O)O)N3C(=O)[C@@H](NC(=O)/C(=N\OCC(=O)O)c4csc(N)n4)[C@H]3SC2)cc1. The molecule has 0 saturated carbocycles. The van der Waals surface area contributed by atoms with E-state index in [1.165, 1.54) is 33.8 Å². The zero-order valence-electron chi connectivity index (χ0n) is 19.7. The molecule has 14 nitrogen and oxygen atoms in total. The molecule has 4 heterocycles. The van der Waals surface area contributed by atoms with Crippen molar-refractivity contribution in [1.29, 1.82) is 0 Å². The fourth-order valence-corrected chi connectivity index (χ4v) is 6.50. The number of fused-ring (bicyclic) bond motifs is 1. The molecule has 0 radical (unpaired) electrons. The fraction of sp³-hybridized carbons (Fsp3) is 0.286. The van der Waals surface area contributed by atoms with Crippen LogP contribution in [0.15, 0.2) is 51.2 Å². The van der Waals surface area contributed by atoms with E-state index in [9.17, 15) is 24.3 Å². The first kappa shape index (κ1) is 27.2. The highest BCUT2D eigenvalue weighted by Crippen LogP contribution is 2.41. The summed E-state index contributed by atoms with van der Waals surface area (Å²) in [7, 11) is 1.78. The van der Waals surface area contributed by atoms with Gasteiger partial charge in [-0.25, -0.2) is 14.6 Å². The number of pyridine rings is 1. The van der Waals surface area contributed by atoms with E-state index in [2.05, 4.69) is 20.9 Å². The van der Waals surface area contributed by atoms with Gasteiger partial charge in [0.15, 0.2) is 10.8 Å². The minimum atomic E-state index is -1.30. The number of aromatic nitrogens is 2. The normalized spacial score (nSPS) is 18.9. The average molecular weight is 581 g/mol. The second kappa shape index (κ2) is 11.7. The third kappa shape index (κ3) is 5.84. The zero-order valence-corrected chi connectivity index (χ0v) is 22.1. The van der Waals surface area contributed by atoms with Gasteiger partial charge in [-0.3, -0.25) is 14.5 Å². The molecule has 200 valence electrons. The number of carboxylic acid groups (broad SMARTS) is 2. The average Bonchev–Trinajstić information content (AvgIpc) is 3.33. The summed E-state index contributed by atoms with van der Waals surface area (Å²) < 4.78 is 1.76. The fourth-order valence-electron chi connectivity index (χ4n) is 3.59. The van der Waals surface area contributed by atoms with Crippen LogP contribution in [0.4, 0.5) is 5.13 Å². The number of oxime groups is 1. The number of thiazole rings is 1. The molecule has 17 heteroatoms. The van der Waals surface area contributed by atoms with Crippen molar-refractivity contribution < 1.29 is 38.9 Å². The smallest absolute Gasteiger partial charge is 0.352 e. The molecule has 2 aliphatic rings. The summed E-state index contributed by atoms with van der Waals surface area (Å²) in [4.78, 5) is 59.6. The Bertz CT molecular complexity index is 1330. The van der Waals surface area contributed by atoms with Crippen molar-refractivity contribution in [3.63, 3.8) is 0 Å². The van der Waals surface area contributed by atoms with Crippen molar-refractivity contribution in [2.75, 3.05) is 36.3 Å². The standard InChI is InChI=1S/C21H21N7O7S3/c1-23-27-4-2-11(3-5-27)36-7-10-8-37-19-15(18(32)28(19)16(10)20(33)34)25-17(31)14(26-35-6-13(29)30)12-9-38-21(22)24-12/h2-5,9,15,19,23H,6-8H2,1H3,(H4-,22,24,25,29,30,31,33,34)/p+1/b26-14-/t15-,19-/m1/s1. The lowest BCUT2D eigenvalue weighted by Crippen LogP contribution is -2.71. The summed E-state index contributed by atoms with van der Waals surface area (Å²) in [5.74, 6) is -3.24. The van der Waals surface area contributed by atoms with Gasteiger partial charge < -0.3 is 26.1 Å². The van der Waals surface area contributed by atoms with Crippen LogP contribution in [0, 0.1) is 0 Å². The second-order valence-corrected chi connectivity index (χ2v) is 10.8. The van der Waals surface area contributed by atoms with Crippen molar-refractivity contribution in [2.24, 2.45) is 5.16 Å². The van der Waals surface area contributed by atoms with E-state index in [-0.39, 0.29) is 22.2 Å². The van der Waals surface area contributed by atoms with Crippen LogP contribution in [0.2, 0.25) is 0 Å². The summed E-state index contributed by atoms with van der Waals surface area (Å²) >= 11 is 3.81. The molecule has 0 bridgehead atoms. The second-order valence-electron chi connectivity index (χ2n) is 7.75. The number of nitrogens with two attached hydrogens (primary N) is 1. The van der Waals surface area contributed by atoms with E-state index in [0.717, 1.165) is 16.2 Å². The van der Waals surface area contributed by atoms with Gasteiger partial charge in [0.2, 0.25) is 19.0 Å². The van der Waals surface area contributed by atoms with Crippen molar-refractivity contribution in [3.8, 4) is 0 Å². The summed E-state index contributed by atoms with van der Waals surface area (Å²) in [5.41, 5.74) is 8.76. The molecule has 2 aromatic rings. The maximum absolute atomic E-state index is 13.0. The van der Waals surface area contributed by atoms with Crippen LogP contribution >= 0.6 is 34.9 Å². The van der Waals surface area contributed by atoms with Crippen molar-refractivity contribution in [1.82, 2.24) is 15.2 Å².